The van der Waals surface area contributed by atoms with Crippen LogP contribution in [0.2, 0.25) is 5.02 Å². The second kappa shape index (κ2) is 6.74. The number of hydrogen-bond acceptors (Lipinski definition) is 4. The van der Waals surface area contributed by atoms with E-state index in [2.05, 4.69) is 31.0 Å². The van der Waals surface area contributed by atoms with E-state index in [0.717, 1.165) is 49.3 Å². The number of nitrogens with one attached hydrogen (secondary N) is 1. The molecule has 5 heteroatoms. The average molecular weight is 298 g/mol. The Hall–Kier alpha value is -0.840. The summed E-state index contributed by atoms with van der Waals surface area (Å²) in [5.74, 6) is 0.982. The molecule has 1 fully saturated rings. The van der Waals surface area contributed by atoms with Crippen LogP contribution in [-0.4, -0.2) is 36.8 Å². The number of ether oxygens (including phenoxy) is 1. The quantitative estimate of drug-likeness (QED) is 0.848. The fourth-order valence-corrected chi connectivity index (χ4v) is 2.59. The van der Waals surface area contributed by atoms with Gasteiger partial charge in [0.25, 0.3) is 0 Å². The van der Waals surface area contributed by atoms with Crippen LogP contribution in [0.3, 0.4) is 0 Å². The summed E-state index contributed by atoms with van der Waals surface area (Å²) >= 11 is 6.24. The van der Waals surface area contributed by atoms with E-state index in [1.165, 1.54) is 0 Å². The van der Waals surface area contributed by atoms with Gasteiger partial charge in [-0.2, -0.15) is 0 Å². The smallest absolute Gasteiger partial charge is 0.129 e. The normalized spacial score (nSPS) is 18.3. The zero-order chi connectivity index (χ0) is 14.6. The van der Waals surface area contributed by atoms with Crippen LogP contribution in [0, 0.1) is 0 Å². The van der Waals surface area contributed by atoms with E-state index < -0.39 is 0 Å². The monoisotopic (exact) mass is 297 g/mol. The Kier molecular flexibility index (Phi) is 5.24. The van der Waals surface area contributed by atoms with Crippen molar-refractivity contribution in [3.05, 3.63) is 22.8 Å². The molecule has 20 heavy (non-hydrogen) atoms. The average Bonchev–Trinajstić information content (AvgIpc) is 2.41. The second-order valence-electron chi connectivity index (χ2n) is 5.79. The Balaban J connectivity index is 2.17. The van der Waals surface area contributed by atoms with Crippen molar-refractivity contribution in [1.29, 1.82) is 0 Å². The maximum atomic E-state index is 6.24. The van der Waals surface area contributed by atoms with E-state index in [9.17, 15) is 0 Å². The molecule has 0 atom stereocenters. The minimum Gasteiger partial charge on any atom is -0.377 e. The summed E-state index contributed by atoms with van der Waals surface area (Å²) in [7, 11) is 0. The van der Waals surface area contributed by atoms with Crippen molar-refractivity contribution in [3.8, 4) is 0 Å². The molecular formula is C15H24ClN3O. The van der Waals surface area contributed by atoms with Crippen molar-refractivity contribution in [2.45, 2.75) is 39.3 Å². The molecular weight excluding hydrogens is 274 g/mol. The minimum atomic E-state index is -0.0345. The van der Waals surface area contributed by atoms with Gasteiger partial charge >= 0.3 is 0 Å². The Morgan fingerprint density at radius 3 is 2.95 bits per heavy atom. The summed E-state index contributed by atoms with van der Waals surface area (Å²) in [5, 5.41) is 4.08. The highest BCUT2D eigenvalue weighted by Crippen LogP contribution is 2.27. The Morgan fingerprint density at radius 1 is 1.45 bits per heavy atom. The van der Waals surface area contributed by atoms with Gasteiger partial charge in [-0.25, -0.2) is 4.98 Å². The molecule has 1 aliphatic heterocycles. The summed E-state index contributed by atoms with van der Waals surface area (Å²) in [5.41, 5.74) is 0.882. The molecule has 0 radical (unpaired) electrons. The van der Waals surface area contributed by atoms with E-state index in [1.807, 2.05) is 12.1 Å². The Morgan fingerprint density at radius 2 is 2.25 bits per heavy atom. The van der Waals surface area contributed by atoms with Gasteiger partial charge < -0.3 is 15.0 Å². The van der Waals surface area contributed by atoms with Gasteiger partial charge in [0, 0.05) is 13.1 Å². The molecule has 1 N–H and O–H groups in total. The molecule has 2 rings (SSSR count). The summed E-state index contributed by atoms with van der Waals surface area (Å²) < 4.78 is 5.56. The van der Waals surface area contributed by atoms with Gasteiger partial charge in [-0.05, 0) is 38.9 Å². The molecule has 0 amide bonds. The third-order valence-corrected chi connectivity index (χ3v) is 3.89. The Labute approximate surface area is 126 Å². The van der Waals surface area contributed by atoms with E-state index in [-0.39, 0.29) is 5.54 Å². The van der Waals surface area contributed by atoms with Crippen LogP contribution in [0.15, 0.2) is 12.1 Å². The predicted molar refractivity (Wildman–Crippen MR) is 83.5 cm³/mol. The molecule has 2 heterocycles. The number of halogens is 1. The summed E-state index contributed by atoms with van der Waals surface area (Å²) in [4.78, 5) is 7.04. The van der Waals surface area contributed by atoms with Crippen LogP contribution in [0.5, 0.6) is 0 Å². The van der Waals surface area contributed by atoms with Gasteiger partial charge in [-0.3, -0.25) is 0 Å². The van der Waals surface area contributed by atoms with Crippen LogP contribution < -0.4 is 10.2 Å². The van der Waals surface area contributed by atoms with E-state index >= 15 is 0 Å². The first-order chi connectivity index (χ1) is 9.54. The van der Waals surface area contributed by atoms with E-state index in [0.29, 0.717) is 6.54 Å². The van der Waals surface area contributed by atoms with Gasteiger partial charge in [0.15, 0.2) is 0 Å². The largest absolute Gasteiger partial charge is 0.377 e. The van der Waals surface area contributed by atoms with Gasteiger partial charge in [0.1, 0.15) is 5.82 Å². The zero-order valence-corrected chi connectivity index (χ0v) is 13.3. The number of hydrogen-bond donors (Lipinski definition) is 1. The number of aromatic nitrogens is 1. The molecule has 0 aliphatic carbocycles. The lowest BCUT2D eigenvalue weighted by molar-refractivity contribution is 0.0639. The Bertz CT molecular complexity index is 451. The molecule has 0 spiro atoms. The lowest BCUT2D eigenvalue weighted by atomic mass is 10.0. The first-order valence-electron chi connectivity index (χ1n) is 7.26. The first kappa shape index (κ1) is 15.5. The maximum Gasteiger partial charge on any atom is 0.129 e. The highest BCUT2D eigenvalue weighted by molar-refractivity contribution is 6.31. The predicted octanol–water partition coefficient (Wildman–Crippen LogP) is 2.85. The van der Waals surface area contributed by atoms with Gasteiger partial charge in [-0.1, -0.05) is 18.5 Å². The number of anilines is 1. The third-order valence-electron chi connectivity index (χ3n) is 3.54. The van der Waals surface area contributed by atoms with Crippen LogP contribution in [-0.2, 0) is 11.3 Å². The van der Waals surface area contributed by atoms with E-state index in [4.69, 9.17) is 21.3 Å². The molecule has 1 aromatic heterocycles. The fraction of sp³-hybridized carbons (Fsp3) is 0.667. The summed E-state index contributed by atoms with van der Waals surface area (Å²) in [6.07, 6.45) is 1.10. The molecule has 0 bridgehead atoms. The van der Waals surface area contributed by atoms with Crippen LogP contribution in [0.4, 0.5) is 5.82 Å². The van der Waals surface area contributed by atoms with Crippen molar-refractivity contribution in [2.75, 3.05) is 31.2 Å². The van der Waals surface area contributed by atoms with Gasteiger partial charge in [0.2, 0.25) is 0 Å². The molecule has 1 saturated heterocycles. The van der Waals surface area contributed by atoms with Crippen LogP contribution in [0.1, 0.15) is 32.9 Å². The fourth-order valence-electron chi connectivity index (χ4n) is 2.41. The minimum absolute atomic E-state index is 0.0345. The van der Waals surface area contributed by atoms with Gasteiger partial charge in [-0.15, -0.1) is 0 Å². The van der Waals surface area contributed by atoms with Crippen LogP contribution in [0.25, 0.3) is 0 Å². The molecule has 1 aliphatic rings. The first-order valence-corrected chi connectivity index (χ1v) is 7.64. The van der Waals surface area contributed by atoms with Crippen molar-refractivity contribution in [1.82, 2.24) is 10.3 Å². The molecule has 0 aromatic carbocycles. The highest BCUT2D eigenvalue weighted by atomic mass is 35.5. The number of pyridine rings is 1. The van der Waals surface area contributed by atoms with E-state index in [1.54, 1.807) is 0 Å². The lowest BCUT2D eigenvalue weighted by Crippen LogP contribution is -2.53. The van der Waals surface area contributed by atoms with Crippen molar-refractivity contribution < 1.29 is 4.74 Å². The van der Waals surface area contributed by atoms with Crippen LogP contribution >= 0.6 is 11.6 Å². The molecule has 1 aromatic rings. The molecule has 0 saturated carbocycles. The number of nitrogens with zero attached hydrogens (tertiary/aromatic N) is 2. The lowest BCUT2D eigenvalue weighted by Gasteiger charge is -2.43. The maximum absolute atomic E-state index is 6.24. The third kappa shape index (κ3) is 3.62. The molecule has 0 unspecified atom stereocenters. The molecule has 4 nitrogen and oxygen atoms in total. The highest BCUT2D eigenvalue weighted by Gasteiger charge is 2.31. The summed E-state index contributed by atoms with van der Waals surface area (Å²) in [6, 6.07) is 3.94. The van der Waals surface area contributed by atoms with Gasteiger partial charge in [0.05, 0.1) is 29.5 Å². The number of morpholine rings is 1. The summed E-state index contributed by atoms with van der Waals surface area (Å²) in [6.45, 7) is 10.5. The molecule has 112 valence electrons. The van der Waals surface area contributed by atoms with Crippen molar-refractivity contribution in [3.63, 3.8) is 0 Å². The topological polar surface area (TPSA) is 37.4 Å². The second-order valence-corrected chi connectivity index (χ2v) is 6.20. The SMILES string of the molecule is CCCNCc1nc(N2CCOCC2(C)C)ccc1Cl. The van der Waals surface area contributed by atoms with Crippen molar-refractivity contribution in [2.24, 2.45) is 0 Å². The number of rotatable bonds is 5. The zero-order valence-electron chi connectivity index (χ0n) is 12.6. The van der Waals surface area contributed by atoms with Crippen molar-refractivity contribution >= 4 is 17.4 Å². The standard InChI is InChI=1S/C15H24ClN3O/c1-4-7-17-10-13-12(16)5-6-14(18-13)19-8-9-20-11-15(19,2)3/h5-6,17H,4,7-11H2,1-3H3.